The van der Waals surface area contributed by atoms with Gasteiger partial charge in [-0.05, 0) is 29.9 Å². The summed E-state index contributed by atoms with van der Waals surface area (Å²) in [6, 6.07) is 13.9. The van der Waals surface area contributed by atoms with Crippen LogP contribution in [0.3, 0.4) is 0 Å². The minimum absolute atomic E-state index is 0.461. The van der Waals surface area contributed by atoms with Crippen molar-refractivity contribution in [3.05, 3.63) is 69.8 Å². The van der Waals surface area contributed by atoms with E-state index in [2.05, 4.69) is 17.0 Å². The predicted molar refractivity (Wildman–Crippen MR) is 116 cm³/mol. The van der Waals surface area contributed by atoms with Crippen molar-refractivity contribution in [1.29, 1.82) is 0 Å². The number of benzene rings is 2. The van der Waals surface area contributed by atoms with Gasteiger partial charge in [-0.3, -0.25) is 4.90 Å². The quantitative estimate of drug-likeness (QED) is 0.611. The molecule has 0 saturated heterocycles. The number of hydrogen-bond donors (Lipinski definition) is 1. The number of methoxy groups -OCH3 is 2. The Kier molecular flexibility index (Phi) is 5.90. The molecule has 0 aliphatic carbocycles. The third kappa shape index (κ3) is 3.86. The number of nitrogens with zero attached hydrogens (tertiary/aromatic N) is 4. The van der Waals surface area contributed by atoms with Crippen molar-refractivity contribution < 1.29 is 14.6 Å². The summed E-state index contributed by atoms with van der Waals surface area (Å²) in [6.45, 7) is 1.56. The summed E-state index contributed by atoms with van der Waals surface area (Å²) in [7, 11) is 5.19. The molecule has 4 rings (SSSR count). The zero-order chi connectivity index (χ0) is 21.3. The van der Waals surface area contributed by atoms with E-state index in [1.54, 1.807) is 14.2 Å². The first kappa shape index (κ1) is 20.6. The molecule has 1 aliphatic heterocycles. The number of aromatic nitrogens is 3. The van der Waals surface area contributed by atoms with Crippen molar-refractivity contribution in [2.24, 2.45) is 7.05 Å². The summed E-state index contributed by atoms with van der Waals surface area (Å²) in [5, 5.41) is 15.6. The Balaban J connectivity index is 1.59. The third-order valence-electron chi connectivity index (χ3n) is 5.53. The maximum absolute atomic E-state index is 10.8. The summed E-state index contributed by atoms with van der Waals surface area (Å²) in [5.41, 5.74) is 2.91. The van der Waals surface area contributed by atoms with Gasteiger partial charge in [0.1, 0.15) is 17.3 Å². The van der Waals surface area contributed by atoms with Crippen LogP contribution in [0, 0.1) is 4.77 Å². The van der Waals surface area contributed by atoms with Gasteiger partial charge >= 0.3 is 0 Å². The Bertz CT molecular complexity index is 1090. The topological polar surface area (TPSA) is 64.7 Å². The van der Waals surface area contributed by atoms with E-state index in [1.807, 2.05) is 46.6 Å². The summed E-state index contributed by atoms with van der Waals surface area (Å²) < 4.78 is 15.4. The number of aliphatic hydroxyl groups excluding tert-OH is 1. The van der Waals surface area contributed by atoms with Crippen molar-refractivity contribution in [2.75, 3.05) is 20.8 Å². The van der Waals surface area contributed by atoms with Gasteiger partial charge < -0.3 is 19.1 Å². The monoisotopic (exact) mass is 426 g/mol. The van der Waals surface area contributed by atoms with E-state index in [9.17, 15) is 5.11 Å². The minimum atomic E-state index is -0.680. The van der Waals surface area contributed by atoms with E-state index < -0.39 is 6.10 Å². The van der Waals surface area contributed by atoms with E-state index in [4.69, 9.17) is 26.8 Å². The van der Waals surface area contributed by atoms with Crippen LogP contribution in [0.15, 0.2) is 42.5 Å². The number of β-amino-alcohol motifs (C(OH)–C–C–N with tert-alkyl or cyclic N) is 1. The predicted octanol–water partition coefficient (Wildman–Crippen LogP) is 3.07. The van der Waals surface area contributed by atoms with E-state index in [-0.39, 0.29) is 0 Å². The molecule has 2 heterocycles. The lowest BCUT2D eigenvalue weighted by atomic mass is 9.95. The molecule has 1 aromatic heterocycles. The second-order valence-corrected chi connectivity index (χ2v) is 7.82. The van der Waals surface area contributed by atoms with Crippen LogP contribution < -0.4 is 9.47 Å². The van der Waals surface area contributed by atoms with Gasteiger partial charge in [0.25, 0.3) is 0 Å². The first-order chi connectivity index (χ1) is 14.5. The molecule has 2 aromatic carbocycles. The van der Waals surface area contributed by atoms with Crippen LogP contribution in [0.25, 0.3) is 0 Å². The van der Waals surface area contributed by atoms with E-state index in [0.717, 1.165) is 22.7 Å². The Morgan fingerprint density at radius 1 is 1.10 bits per heavy atom. The highest BCUT2D eigenvalue weighted by atomic mass is 32.1. The van der Waals surface area contributed by atoms with Crippen LogP contribution in [0.2, 0.25) is 0 Å². The third-order valence-corrected chi connectivity index (χ3v) is 6.01. The maximum Gasteiger partial charge on any atom is 0.198 e. The standard InChI is InChI=1S/C22H26N4O3S/c1-24-20(11-15-7-5-4-6-8-15)23-26(22(24)30)14-25-12-16-18(28-2)9-10-19(29-3)21(16)17(27)13-25/h4-10,17,27H,11-14H2,1-3H3. The molecular formula is C22H26N4O3S. The molecule has 30 heavy (non-hydrogen) atoms. The molecule has 3 aromatic rings. The molecule has 0 saturated carbocycles. The van der Waals surface area contributed by atoms with Crippen molar-refractivity contribution in [1.82, 2.24) is 19.2 Å². The van der Waals surface area contributed by atoms with E-state index >= 15 is 0 Å². The molecule has 1 aliphatic rings. The van der Waals surface area contributed by atoms with Gasteiger partial charge in [0.2, 0.25) is 0 Å². The summed E-state index contributed by atoms with van der Waals surface area (Å²) >= 11 is 5.62. The minimum Gasteiger partial charge on any atom is -0.496 e. The van der Waals surface area contributed by atoms with Gasteiger partial charge in [0, 0.05) is 37.7 Å². The van der Waals surface area contributed by atoms with Crippen molar-refractivity contribution >= 4 is 12.2 Å². The molecule has 0 spiro atoms. The number of rotatable bonds is 6. The Morgan fingerprint density at radius 3 is 2.50 bits per heavy atom. The lowest BCUT2D eigenvalue weighted by Crippen LogP contribution is -2.36. The van der Waals surface area contributed by atoms with Gasteiger partial charge in [-0.15, -0.1) is 0 Å². The van der Waals surface area contributed by atoms with Crippen LogP contribution in [0.1, 0.15) is 28.6 Å². The van der Waals surface area contributed by atoms with Gasteiger partial charge in [-0.2, -0.15) is 5.10 Å². The highest BCUT2D eigenvalue weighted by Gasteiger charge is 2.30. The molecule has 1 unspecified atom stereocenters. The van der Waals surface area contributed by atoms with Crippen molar-refractivity contribution in [3.8, 4) is 11.5 Å². The van der Waals surface area contributed by atoms with Crippen LogP contribution in [-0.2, 0) is 26.7 Å². The number of hydrogen-bond acceptors (Lipinski definition) is 6. The average molecular weight is 427 g/mol. The number of aliphatic hydroxyl groups is 1. The van der Waals surface area contributed by atoms with Gasteiger partial charge in [-0.1, -0.05) is 30.3 Å². The van der Waals surface area contributed by atoms with Crippen LogP contribution in [0.4, 0.5) is 0 Å². The summed E-state index contributed by atoms with van der Waals surface area (Å²) in [4.78, 5) is 2.12. The molecule has 7 nitrogen and oxygen atoms in total. The lowest BCUT2D eigenvalue weighted by molar-refractivity contribution is 0.0669. The van der Waals surface area contributed by atoms with E-state index in [1.165, 1.54) is 5.56 Å². The zero-order valence-corrected chi connectivity index (χ0v) is 18.2. The number of fused-ring (bicyclic) bond motifs is 1. The summed E-state index contributed by atoms with van der Waals surface area (Å²) in [6.07, 6.45) is 0.0326. The Labute approximate surface area is 181 Å². The fourth-order valence-electron chi connectivity index (χ4n) is 4.00. The molecule has 1 atom stereocenters. The average Bonchev–Trinajstić information content (AvgIpc) is 3.01. The zero-order valence-electron chi connectivity index (χ0n) is 17.4. The van der Waals surface area contributed by atoms with Crippen LogP contribution >= 0.6 is 12.2 Å². The van der Waals surface area contributed by atoms with Crippen molar-refractivity contribution in [3.63, 3.8) is 0 Å². The fraction of sp³-hybridized carbons (Fsp3) is 0.364. The lowest BCUT2D eigenvalue weighted by Gasteiger charge is -2.33. The molecule has 0 bridgehead atoms. The second-order valence-electron chi connectivity index (χ2n) is 7.45. The highest BCUT2D eigenvalue weighted by molar-refractivity contribution is 7.71. The van der Waals surface area contributed by atoms with Gasteiger partial charge in [0.15, 0.2) is 4.77 Å². The SMILES string of the molecule is COc1ccc(OC)c2c1CN(Cn1nc(Cc3ccccc3)n(C)c1=S)CC2O. The van der Waals surface area contributed by atoms with Crippen LogP contribution in [-0.4, -0.2) is 45.1 Å². The van der Waals surface area contributed by atoms with Crippen molar-refractivity contribution in [2.45, 2.75) is 25.7 Å². The molecule has 0 fully saturated rings. The normalized spacial score (nSPS) is 16.3. The highest BCUT2D eigenvalue weighted by Crippen LogP contribution is 2.39. The molecule has 1 N–H and O–H groups in total. The second kappa shape index (κ2) is 8.59. The van der Waals surface area contributed by atoms with Gasteiger partial charge in [-0.25, -0.2) is 4.68 Å². The largest absolute Gasteiger partial charge is 0.496 e. The van der Waals surface area contributed by atoms with Crippen LogP contribution in [0.5, 0.6) is 11.5 Å². The molecule has 158 valence electrons. The van der Waals surface area contributed by atoms with Gasteiger partial charge in [0.05, 0.1) is 27.0 Å². The molecular weight excluding hydrogens is 400 g/mol. The Hall–Kier alpha value is -2.68. The Morgan fingerprint density at radius 2 is 1.80 bits per heavy atom. The smallest absolute Gasteiger partial charge is 0.198 e. The maximum atomic E-state index is 10.8. The first-order valence-electron chi connectivity index (χ1n) is 9.82. The molecule has 0 radical (unpaired) electrons. The fourth-order valence-corrected chi connectivity index (χ4v) is 4.20. The first-order valence-corrected chi connectivity index (χ1v) is 10.2. The molecule has 0 amide bonds. The van der Waals surface area contributed by atoms with E-state index in [0.29, 0.717) is 36.7 Å². The molecule has 8 heteroatoms. The summed E-state index contributed by atoms with van der Waals surface area (Å²) in [5.74, 6) is 2.32. The number of ether oxygens (including phenoxy) is 2.